The molecule has 0 saturated heterocycles. The number of hydrogen-bond acceptors (Lipinski definition) is 8. The van der Waals surface area contributed by atoms with Crippen LogP contribution in [-0.4, -0.2) is 65.6 Å². The highest BCUT2D eigenvalue weighted by atomic mass is 16.5. The summed E-state index contributed by atoms with van der Waals surface area (Å²) in [7, 11) is 3.23. The fraction of sp³-hybridized carbons (Fsp3) is 0.688. The van der Waals surface area contributed by atoms with Crippen LogP contribution < -0.4 is 9.47 Å². The predicted octanol–water partition coefficient (Wildman–Crippen LogP) is 3.99. The summed E-state index contributed by atoms with van der Waals surface area (Å²) in [6.45, 7) is 2.96. The first-order valence-corrected chi connectivity index (χ1v) is 14.8. The lowest BCUT2D eigenvalue weighted by molar-refractivity contribution is -0.237. The number of cyclic esters (lactones) is 1. The van der Waals surface area contributed by atoms with Gasteiger partial charge in [-0.1, -0.05) is 13.0 Å². The molecule has 0 spiro atoms. The standard InChI is InChI=1S/C32H43NO7/c1-29-10-7-24-25(32(29,37)13-9-23(29)21-15-28(35)40-18-21)8-12-31(36)16-22(34)6-11-30(24,31)19-33-17-20-4-5-26(38-2)27(14-20)39-3/h4-5,14-15,19,22-25,34,36-37H,6-13,16-18H2,1-3H3/t22-,23+,24-,25+,29+,30-,31+,32-/m0/s1. The maximum absolute atomic E-state index is 12.6. The Balaban J connectivity index is 1.33. The zero-order valence-corrected chi connectivity index (χ0v) is 23.9. The first kappa shape index (κ1) is 27.7. The number of carbonyl (C=O) groups excluding carboxylic acids is 1. The van der Waals surface area contributed by atoms with E-state index in [-0.39, 0.29) is 29.1 Å². The Labute approximate surface area is 236 Å². The van der Waals surface area contributed by atoms with E-state index in [1.165, 1.54) is 0 Å². The Kier molecular flexibility index (Phi) is 6.83. The lowest BCUT2D eigenvalue weighted by Crippen LogP contribution is -2.68. The number of rotatable bonds is 6. The fourth-order valence-corrected chi connectivity index (χ4v) is 9.65. The minimum atomic E-state index is -1.07. The second kappa shape index (κ2) is 9.85. The van der Waals surface area contributed by atoms with Crippen molar-refractivity contribution in [2.75, 3.05) is 20.8 Å². The quantitative estimate of drug-likeness (QED) is 0.360. The number of aliphatic imine (C=N–C) groups is 1. The van der Waals surface area contributed by atoms with E-state index in [2.05, 4.69) is 6.92 Å². The van der Waals surface area contributed by atoms with Crippen LogP contribution in [0.1, 0.15) is 70.3 Å². The molecule has 0 unspecified atom stereocenters. The molecule has 218 valence electrons. The number of nitrogens with zero attached hydrogens (tertiary/aromatic N) is 1. The number of aliphatic hydroxyl groups excluding tert-OH is 1. The van der Waals surface area contributed by atoms with Gasteiger partial charge in [0.25, 0.3) is 0 Å². The molecule has 0 radical (unpaired) electrons. The predicted molar refractivity (Wildman–Crippen MR) is 149 cm³/mol. The van der Waals surface area contributed by atoms with Crippen molar-refractivity contribution in [3.8, 4) is 11.5 Å². The molecule has 3 N–H and O–H groups in total. The first-order valence-electron chi connectivity index (χ1n) is 14.8. The van der Waals surface area contributed by atoms with Crippen LogP contribution in [0, 0.1) is 28.6 Å². The summed E-state index contributed by atoms with van der Waals surface area (Å²) in [6, 6.07) is 5.77. The summed E-state index contributed by atoms with van der Waals surface area (Å²) >= 11 is 0. The van der Waals surface area contributed by atoms with Gasteiger partial charge in [-0.15, -0.1) is 0 Å². The Morgan fingerprint density at radius 2 is 1.80 bits per heavy atom. The van der Waals surface area contributed by atoms with Gasteiger partial charge >= 0.3 is 5.97 Å². The average Bonchev–Trinajstić information content (AvgIpc) is 3.48. The molecule has 1 aliphatic heterocycles. The van der Waals surface area contributed by atoms with E-state index in [0.29, 0.717) is 63.2 Å². The third kappa shape index (κ3) is 3.97. The zero-order chi connectivity index (χ0) is 28.3. The minimum absolute atomic E-state index is 0.0120. The van der Waals surface area contributed by atoms with Gasteiger partial charge in [0.05, 0.1) is 38.1 Å². The van der Waals surface area contributed by atoms with E-state index >= 15 is 0 Å². The van der Waals surface area contributed by atoms with E-state index in [1.807, 2.05) is 24.4 Å². The molecule has 4 saturated carbocycles. The molecule has 8 heteroatoms. The third-order valence-corrected chi connectivity index (χ3v) is 11.7. The van der Waals surface area contributed by atoms with Crippen molar-refractivity contribution in [2.24, 2.45) is 33.6 Å². The number of methoxy groups -OCH3 is 2. The van der Waals surface area contributed by atoms with Crippen molar-refractivity contribution in [3.05, 3.63) is 35.4 Å². The molecule has 1 aromatic carbocycles. The molecule has 1 heterocycles. The van der Waals surface area contributed by atoms with Crippen molar-refractivity contribution in [1.82, 2.24) is 0 Å². The summed E-state index contributed by atoms with van der Waals surface area (Å²) < 4.78 is 16.1. The number of esters is 1. The molecule has 5 aliphatic rings. The van der Waals surface area contributed by atoms with Crippen LogP contribution >= 0.6 is 0 Å². The van der Waals surface area contributed by atoms with Crippen molar-refractivity contribution >= 4 is 12.2 Å². The monoisotopic (exact) mass is 553 g/mol. The Bertz CT molecular complexity index is 1230. The van der Waals surface area contributed by atoms with Crippen LogP contribution in [0.3, 0.4) is 0 Å². The largest absolute Gasteiger partial charge is 0.493 e. The highest BCUT2D eigenvalue weighted by molar-refractivity contribution is 5.85. The topological polar surface area (TPSA) is 118 Å². The molecule has 6 rings (SSSR count). The first-order chi connectivity index (χ1) is 19.1. The number of fused-ring (bicyclic) bond motifs is 5. The Morgan fingerprint density at radius 3 is 2.52 bits per heavy atom. The van der Waals surface area contributed by atoms with E-state index in [1.54, 1.807) is 20.3 Å². The number of carbonyl (C=O) groups is 1. The lowest BCUT2D eigenvalue weighted by Gasteiger charge is -2.65. The van der Waals surface area contributed by atoms with E-state index in [4.69, 9.17) is 19.2 Å². The van der Waals surface area contributed by atoms with Gasteiger partial charge in [0, 0.05) is 29.5 Å². The van der Waals surface area contributed by atoms with Crippen LogP contribution in [0.4, 0.5) is 0 Å². The lowest BCUT2D eigenvalue weighted by atomic mass is 9.41. The summed E-state index contributed by atoms with van der Waals surface area (Å²) in [4.78, 5) is 16.8. The zero-order valence-electron chi connectivity index (χ0n) is 23.9. The molecule has 8 atom stereocenters. The van der Waals surface area contributed by atoms with E-state index in [0.717, 1.165) is 30.4 Å². The molecule has 8 nitrogen and oxygen atoms in total. The summed E-state index contributed by atoms with van der Waals surface area (Å²) in [5, 5.41) is 35.4. The molecular weight excluding hydrogens is 510 g/mol. The smallest absolute Gasteiger partial charge is 0.331 e. The van der Waals surface area contributed by atoms with Crippen LogP contribution in [0.25, 0.3) is 0 Å². The summed E-state index contributed by atoms with van der Waals surface area (Å²) in [5.41, 5.74) is -0.937. The van der Waals surface area contributed by atoms with E-state index < -0.39 is 22.7 Å². The second-order valence-electron chi connectivity index (χ2n) is 13.2. The van der Waals surface area contributed by atoms with Gasteiger partial charge in [0.1, 0.15) is 6.61 Å². The maximum Gasteiger partial charge on any atom is 0.331 e. The van der Waals surface area contributed by atoms with E-state index in [9.17, 15) is 20.1 Å². The third-order valence-electron chi connectivity index (χ3n) is 11.7. The van der Waals surface area contributed by atoms with Gasteiger partial charge in [0.2, 0.25) is 0 Å². The SMILES string of the molecule is COc1ccc(CN=C[C@]23CC[C@H](O)C[C@]2(O)CC[C@@H]2[C@@H]3CC[C@]3(C)[C@@H](C4=CC(=O)OC4)CC[C@]23O)cc1OC. The summed E-state index contributed by atoms with van der Waals surface area (Å²) in [5.74, 6) is 1.22. The molecule has 0 bridgehead atoms. The van der Waals surface area contributed by atoms with Gasteiger partial charge in [-0.2, -0.15) is 0 Å². The fourth-order valence-electron chi connectivity index (χ4n) is 9.65. The Hall–Kier alpha value is -2.42. The molecule has 4 fully saturated rings. The number of aliphatic hydroxyl groups is 3. The van der Waals surface area contributed by atoms with Gasteiger partial charge < -0.3 is 29.5 Å². The van der Waals surface area contributed by atoms with Crippen molar-refractivity contribution in [3.63, 3.8) is 0 Å². The van der Waals surface area contributed by atoms with Crippen molar-refractivity contribution in [2.45, 2.75) is 88.6 Å². The number of hydrogen-bond donors (Lipinski definition) is 3. The molecule has 40 heavy (non-hydrogen) atoms. The van der Waals surface area contributed by atoms with Gasteiger partial charge in [-0.3, -0.25) is 4.99 Å². The van der Waals surface area contributed by atoms with Crippen molar-refractivity contribution in [1.29, 1.82) is 0 Å². The molecule has 0 amide bonds. The van der Waals surface area contributed by atoms with Crippen LogP contribution in [0.5, 0.6) is 11.5 Å². The average molecular weight is 554 g/mol. The number of ether oxygens (including phenoxy) is 3. The minimum Gasteiger partial charge on any atom is -0.493 e. The van der Waals surface area contributed by atoms with Crippen molar-refractivity contribution < 1.29 is 34.3 Å². The van der Waals surface area contributed by atoms with Gasteiger partial charge in [-0.25, -0.2) is 4.79 Å². The summed E-state index contributed by atoms with van der Waals surface area (Å²) in [6.07, 6.45) is 9.12. The normalized spacial score (nSPS) is 42.5. The molecule has 4 aliphatic carbocycles. The highest BCUT2D eigenvalue weighted by Crippen LogP contribution is 2.70. The molecule has 0 aromatic heterocycles. The number of benzene rings is 1. The van der Waals surface area contributed by atoms with Crippen LogP contribution in [-0.2, 0) is 16.1 Å². The highest BCUT2D eigenvalue weighted by Gasteiger charge is 2.71. The van der Waals surface area contributed by atoms with Crippen LogP contribution in [0.15, 0.2) is 34.8 Å². The van der Waals surface area contributed by atoms with Gasteiger partial charge in [-0.05, 0) is 92.4 Å². The maximum atomic E-state index is 12.6. The molecule has 1 aromatic rings. The second-order valence-corrected chi connectivity index (χ2v) is 13.2. The van der Waals surface area contributed by atoms with Crippen LogP contribution in [0.2, 0.25) is 0 Å². The Morgan fingerprint density at radius 1 is 1.02 bits per heavy atom. The molecular formula is C32H43NO7. The van der Waals surface area contributed by atoms with Gasteiger partial charge in [0.15, 0.2) is 11.5 Å².